The maximum atomic E-state index is 5.33. The molecule has 0 bridgehead atoms. The van der Waals surface area contributed by atoms with Crippen LogP contribution in [0, 0.1) is 0 Å². The van der Waals surface area contributed by atoms with E-state index in [-0.39, 0.29) is 0 Å². The minimum Gasteiger partial charge on any atom is -0.309 e. The lowest BCUT2D eigenvalue weighted by Gasteiger charge is -2.13. The first-order valence-electron chi connectivity index (χ1n) is 41.6. The molecule has 0 spiro atoms. The average molecular weight is 1590 g/mol. The number of para-hydroxylation sites is 4. The molecule has 0 aliphatic carbocycles. The van der Waals surface area contributed by atoms with E-state index in [0.29, 0.717) is 35.2 Å². The van der Waals surface area contributed by atoms with Gasteiger partial charge in [0.2, 0.25) is 11.9 Å². The first-order valence-corrected chi connectivity index (χ1v) is 41.6. The Kier molecular flexibility index (Phi) is 17.9. The second-order valence-corrected chi connectivity index (χ2v) is 31.0. The fourth-order valence-electron chi connectivity index (χ4n) is 17.7. The Morgan fingerprint density at radius 3 is 0.718 bits per heavy atom. The molecule has 124 heavy (non-hydrogen) atoms. The van der Waals surface area contributed by atoms with E-state index in [1.165, 1.54) is 21.5 Å². The van der Waals surface area contributed by atoms with E-state index in [9.17, 15) is 0 Å². The molecule has 0 aliphatic rings. The van der Waals surface area contributed by atoms with Crippen molar-refractivity contribution < 1.29 is 0 Å². The first kappa shape index (κ1) is 72.3. The third-order valence-corrected chi connectivity index (χ3v) is 23.6. The SMILES string of the molecule is c1ccc(-c2cc(-c3ccccc3)nc(-n3c4ccccc4c4cc(-c5ccc6c(c5)c5ccccc5n6-c5nc(-c6ccccc6)nc(-c6ccccc6)n5)ccc43)c2)cc1.c1ccc(-c2cc(-n3c4ccccc4c4cc(-c5ccc6c(c5)c5ccccc5n6-c5nc(-c6ccccc6)nc(-c6ccccc6)n5)ccc43)cc(-c3ccccc3)n2)cc1. The van der Waals surface area contributed by atoms with E-state index < -0.39 is 0 Å². The summed E-state index contributed by atoms with van der Waals surface area (Å²) in [6, 6.07) is 153. The normalized spacial score (nSPS) is 11.5. The topological polar surface area (TPSA) is 123 Å². The number of rotatable bonds is 14. The van der Waals surface area contributed by atoms with Gasteiger partial charge >= 0.3 is 0 Å². The summed E-state index contributed by atoms with van der Waals surface area (Å²) in [5.41, 5.74) is 26.2. The summed E-state index contributed by atoms with van der Waals surface area (Å²) in [7, 11) is 0. The molecule has 0 aliphatic heterocycles. The predicted molar refractivity (Wildman–Crippen MR) is 507 cm³/mol. The predicted octanol–water partition coefficient (Wildman–Crippen LogP) is 27.6. The third-order valence-electron chi connectivity index (χ3n) is 23.6. The molecule has 8 heterocycles. The zero-order valence-electron chi connectivity index (χ0n) is 66.9. The minimum absolute atomic E-state index is 0.575. The Balaban J connectivity index is 0.000000143. The number of benzene rings is 16. The van der Waals surface area contributed by atoms with Crippen LogP contribution in [0.5, 0.6) is 0 Å². The van der Waals surface area contributed by atoms with Gasteiger partial charge in [0.05, 0.1) is 66.9 Å². The molecule has 0 N–H and O–H groups in total. The summed E-state index contributed by atoms with van der Waals surface area (Å²) >= 11 is 0. The molecule has 580 valence electrons. The largest absolute Gasteiger partial charge is 0.309 e. The summed E-state index contributed by atoms with van der Waals surface area (Å²) in [5.74, 6) is 4.54. The molecule has 0 saturated heterocycles. The molecule has 12 nitrogen and oxygen atoms in total. The standard InChI is InChI=1S/2C56H36N6/c1-5-17-37(18-6-1)48-35-43(36-49(57-48)38-19-7-2-8-20-38)61-50-27-15-13-25-44(50)46-33-41(29-31-52(46)61)42-30-32-53-47(34-42)45-26-14-16-28-51(45)62(53)56-59-54(39-21-9-3-10-22-39)58-55(60-56)40-23-11-4-12-24-40;1-5-17-37(18-6-1)43-35-48(38-19-7-2-8-20-38)57-53(36-43)61-49-27-15-13-25-44(49)46-33-41(29-31-51(46)61)42-30-32-52-47(34-42)45-26-14-16-28-50(45)62(52)56-59-54(39-21-9-3-10-22-39)58-55(60-56)40-23-11-4-12-24-40/h2*1-36H. The highest BCUT2D eigenvalue weighted by molar-refractivity contribution is 6.15. The molecule has 24 rings (SSSR count). The van der Waals surface area contributed by atoms with Gasteiger partial charge in [0.25, 0.3) is 0 Å². The van der Waals surface area contributed by atoms with Crippen LogP contribution < -0.4 is 0 Å². The Hall–Kier alpha value is -17.0. The van der Waals surface area contributed by atoms with Crippen molar-refractivity contribution in [2.24, 2.45) is 0 Å². The van der Waals surface area contributed by atoms with Crippen molar-refractivity contribution >= 4 is 87.2 Å². The molecule has 0 unspecified atom stereocenters. The molecule has 0 radical (unpaired) electrons. The smallest absolute Gasteiger partial charge is 0.238 e. The summed E-state index contributed by atoms with van der Waals surface area (Å²) in [6.45, 7) is 0. The van der Waals surface area contributed by atoms with Crippen molar-refractivity contribution in [3.05, 3.63) is 437 Å². The highest BCUT2D eigenvalue weighted by Crippen LogP contribution is 2.44. The van der Waals surface area contributed by atoms with Crippen molar-refractivity contribution in [1.29, 1.82) is 0 Å². The lowest BCUT2D eigenvalue weighted by molar-refractivity contribution is 0.953. The zero-order chi connectivity index (χ0) is 82.0. The molecule has 12 heteroatoms. The Morgan fingerprint density at radius 2 is 0.387 bits per heavy atom. The zero-order valence-corrected chi connectivity index (χ0v) is 66.9. The van der Waals surface area contributed by atoms with Crippen LogP contribution in [0.3, 0.4) is 0 Å². The van der Waals surface area contributed by atoms with Gasteiger partial charge in [-0.3, -0.25) is 13.7 Å². The van der Waals surface area contributed by atoms with Gasteiger partial charge in [-0.15, -0.1) is 0 Å². The summed E-state index contributed by atoms with van der Waals surface area (Å²) in [4.78, 5) is 40.9. The van der Waals surface area contributed by atoms with Crippen LogP contribution in [0.4, 0.5) is 0 Å². The third kappa shape index (κ3) is 13.1. The monoisotopic (exact) mass is 1580 g/mol. The summed E-state index contributed by atoms with van der Waals surface area (Å²) < 4.78 is 9.04. The van der Waals surface area contributed by atoms with Gasteiger partial charge in [0, 0.05) is 82.0 Å². The second kappa shape index (κ2) is 30.8. The van der Waals surface area contributed by atoms with Crippen molar-refractivity contribution in [3.8, 4) is 136 Å². The summed E-state index contributed by atoms with van der Waals surface area (Å²) in [5, 5.41) is 9.23. The lowest BCUT2D eigenvalue weighted by Crippen LogP contribution is -2.06. The van der Waals surface area contributed by atoms with Crippen molar-refractivity contribution in [1.82, 2.24) is 58.1 Å². The quantitative estimate of drug-likeness (QED) is 0.105. The maximum Gasteiger partial charge on any atom is 0.238 e. The van der Waals surface area contributed by atoms with E-state index in [4.69, 9.17) is 39.9 Å². The van der Waals surface area contributed by atoms with Crippen molar-refractivity contribution in [2.75, 3.05) is 0 Å². The van der Waals surface area contributed by atoms with Gasteiger partial charge in [-0.25, -0.2) is 19.9 Å². The molecular formula is C112H72N12. The Morgan fingerprint density at radius 1 is 0.137 bits per heavy atom. The Labute approximate surface area is 713 Å². The number of nitrogens with zero attached hydrogens (tertiary/aromatic N) is 12. The van der Waals surface area contributed by atoms with Crippen LogP contribution in [0.15, 0.2) is 437 Å². The van der Waals surface area contributed by atoms with E-state index in [1.807, 2.05) is 140 Å². The number of pyridine rings is 2. The van der Waals surface area contributed by atoms with Crippen LogP contribution in [-0.4, -0.2) is 58.1 Å². The number of aromatic nitrogens is 12. The highest BCUT2D eigenvalue weighted by atomic mass is 15.2. The lowest BCUT2D eigenvalue weighted by atomic mass is 10.0. The van der Waals surface area contributed by atoms with Gasteiger partial charge in [-0.1, -0.05) is 340 Å². The van der Waals surface area contributed by atoms with E-state index in [2.05, 4.69) is 316 Å². The Bertz CT molecular complexity index is 7000. The minimum atomic E-state index is 0.575. The average Bonchev–Trinajstić information content (AvgIpc) is 1.60. The molecular weight excluding hydrogens is 1510 g/mol. The van der Waals surface area contributed by atoms with Crippen molar-refractivity contribution in [3.63, 3.8) is 0 Å². The molecule has 8 aromatic heterocycles. The molecule has 0 atom stereocenters. The van der Waals surface area contributed by atoms with Crippen LogP contribution >= 0.6 is 0 Å². The maximum absolute atomic E-state index is 5.33. The molecule has 0 fully saturated rings. The molecule has 0 saturated carbocycles. The van der Waals surface area contributed by atoms with Gasteiger partial charge in [-0.05, 0) is 130 Å². The van der Waals surface area contributed by atoms with Crippen LogP contribution in [0.1, 0.15) is 0 Å². The van der Waals surface area contributed by atoms with Crippen LogP contribution in [0.2, 0.25) is 0 Å². The van der Waals surface area contributed by atoms with Gasteiger partial charge < -0.3 is 4.57 Å². The van der Waals surface area contributed by atoms with Crippen LogP contribution in [-0.2, 0) is 0 Å². The highest BCUT2D eigenvalue weighted by Gasteiger charge is 2.25. The fraction of sp³-hybridized carbons (Fsp3) is 0. The van der Waals surface area contributed by atoms with Gasteiger partial charge in [0.15, 0.2) is 23.3 Å². The number of fused-ring (bicyclic) bond motifs is 12. The van der Waals surface area contributed by atoms with E-state index in [1.54, 1.807) is 0 Å². The number of hydrogen-bond acceptors (Lipinski definition) is 8. The number of hydrogen-bond donors (Lipinski definition) is 0. The molecule has 16 aromatic carbocycles. The van der Waals surface area contributed by atoms with Crippen LogP contribution in [0.25, 0.3) is 223 Å². The van der Waals surface area contributed by atoms with E-state index in [0.717, 1.165) is 167 Å². The van der Waals surface area contributed by atoms with E-state index >= 15 is 0 Å². The molecule has 0 amide bonds. The van der Waals surface area contributed by atoms with Gasteiger partial charge in [-0.2, -0.15) is 19.9 Å². The first-order chi connectivity index (χ1) is 61.5. The second-order valence-electron chi connectivity index (χ2n) is 31.0. The van der Waals surface area contributed by atoms with Gasteiger partial charge in [0.1, 0.15) is 5.82 Å². The fourth-order valence-corrected chi connectivity index (χ4v) is 17.7. The molecule has 24 aromatic rings. The summed E-state index contributed by atoms with van der Waals surface area (Å²) in [6.07, 6.45) is 0. The van der Waals surface area contributed by atoms with Crippen molar-refractivity contribution in [2.45, 2.75) is 0 Å².